The second kappa shape index (κ2) is 7.24. The molecule has 0 bridgehead atoms. The molecule has 3 fully saturated rings. The van der Waals surface area contributed by atoms with Gasteiger partial charge in [-0.3, -0.25) is 14.4 Å². The van der Waals surface area contributed by atoms with Gasteiger partial charge in [0, 0.05) is 12.3 Å². The van der Waals surface area contributed by atoms with Crippen LogP contribution in [-0.4, -0.2) is 28.9 Å². The fourth-order valence-electron chi connectivity index (χ4n) is 7.75. The molecule has 0 saturated heterocycles. The average molecular weight is 403 g/mol. The Labute approximate surface area is 173 Å². The summed E-state index contributed by atoms with van der Waals surface area (Å²) in [7, 11) is 0. The van der Waals surface area contributed by atoms with E-state index in [2.05, 4.69) is 19.9 Å². The fourth-order valence-corrected chi connectivity index (χ4v) is 7.75. The molecule has 29 heavy (non-hydrogen) atoms. The zero-order chi connectivity index (χ0) is 21.0. The topological polar surface area (TPSA) is 80.7 Å². The maximum Gasteiger partial charge on any atom is 0.317 e. The van der Waals surface area contributed by atoms with Crippen LogP contribution in [0.3, 0.4) is 0 Å². The van der Waals surface area contributed by atoms with Crippen LogP contribution >= 0.6 is 0 Å². The third-order valence-electron chi connectivity index (χ3n) is 9.14. The quantitative estimate of drug-likeness (QED) is 0.424. The van der Waals surface area contributed by atoms with Crippen molar-refractivity contribution in [2.75, 3.05) is 0 Å². The van der Waals surface area contributed by atoms with Crippen LogP contribution in [0.4, 0.5) is 0 Å². The van der Waals surface area contributed by atoms with Gasteiger partial charge in [0.25, 0.3) is 0 Å². The number of esters is 1. The number of hydrogen-bond acceptors (Lipinski definition) is 4. The summed E-state index contributed by atoms with van der Waals surface area (Å²) >= 11 is 0. The summed E-state index contributed by atoms with van der Waals surface area (Å²) in [6.45, 7) is 6.54. The number of rotatable bonds is 4. The second-order valence-electron chi connectivity index (χ2n) is 10.5. The number of carboxylic acid groups (broad SMARTS) is 1. The van der Waals surface area contributed by atoms with E-state index in [1.165, 1.54) is 18.4 Å². The SMILES string of the molecule is CC(=O)[C@H]1CC[C@H]2[C@@H]3CC=C4C[C@@H](OC(=O)CC(=O)O)CC[C@]4(C)[C@H]3CC[C@]12C. The van der Waals surface area contributed by atoms with E-state index in [9.17, 15) is 14.4 Å². The van der Waals surface area contributed by atoms with E-state index in [0.717, 1.165) is 38.5 Å². The minimum Gasteiger partial charge on any atom is -0.481 e. The summed E-state index contributed by atoms with van der Waals surface area (Å²) in [5.74, 6) is 0.762. The molecule has 5 nitrogen and oxygen atoms in total. The number of carbonyl (C=O) groups is 3. The van der Waals surface area contributed by atoms with Gasteiger partial charge in [-0.15, -0.1) is 0 Å². The number of hydrogen-bond donors (Lipinski definition) is 1. The Bertz CT molecular complexity index is 754. The van der Waals surface area contributed by atoms with Crippen molar-refractivity contribution in [1.82, 2.24) is 0 Å². The standard InChI is InChI=1S/C24H34O5/c1-14(25)18-6-7-19-17-5-4-15-12-16(29-22(28)13-21(26)27)8-10-23(15,2)20(17)9-11-24(18,19)3/h4,16-20H,5-13H2,1-3H3,(H,26,27)/t16-,17-,18+,19-,20-,23-,24+/m0/s1. The predicted octanol–water partition coefficient (Wildman–Crippen LogP) is 4.54. The molecule has 0 aromatic rings. The van der Waals surface area contributed by atoms with Crippen LogP contribution in [0.1, 0.15) is 78.6 Å². The highest BCUT2D eigenvalue weighted by Gasteiger charge is 2.59. The van der Waals surface area contributed by atoms with Crippen LogP contribution in [0.5, 0.6) is 0 Å². The molecule has 0 spiro atoms. The minimum absolute atomic E-state index is 0.147. The molecule has 4 aliphatic rings. The van der Waals surface area contributed by atoms with Crippen LogP contribution in [0.25, 0.3) is 0 Å². The smallest absolute Gasteiger partial charge is 0.317 e. The maximum atomic E-state index is 12.3. The summed E-state index contributed by atoms with van der Waals surface area (Å²) in [4.78, 5) is 34.8. The van der Waals surface area contributed by atoms with Crippen molar-refractivity contribution in [2.24, 2.45) is 34.5 Å². The number of carboxylic acids is 1. The summed E-state index contributed by atoms with van der Waals surface area (Å²) in [6.07, 6.45) is 9.79. The number of carbonyl (C=O) groups excluding carboxylic acids is 2. The molecule has 0 aromatic heterocycles. The highest BCUT2D eigenvalue weighted by Crippen LogP contribution is 2.66. The molecule has 0 amide bonds. The molecule has 0 heterocycles. The second-order valence-corrected chi connectivity index (χ2v) is 10.5. The van der Waals surface area contributed by atoms with Gasteiger partial charge in [0.15, 0.2) is 0 Å². The van der Waals surface area contributed by atoms with E-state index in [1.54, 1.807) is 6.92 Å². The van der Waals surface area contributed by atoms with E-state index in [0.29, 0.717) is 23.5 Å². The Morgan fingerprint density at radius 2 is 1.86 bits per heavy atom. The lowest BCUT2D eigenvalue weighted by Gasteiger charge is -2.58. The lowest BCUT2D eigenvalue weighted by atomic mass is 9.47. The molecule has 0 radical (unpaired) electrons. The first-order valence-electron chi connectivity index (χ1n) is 11.3. The van der Waals surface area contributed by atoms with E-state index >= 15 is 0 Å². The van der Waals surface area contributed by atoms with Gasteiger partial charge >= 0.3 is 11.9 Å². The van der Waals surface area contributed by atoms with Crippen molar-refractivity contribution in [3.8, 4) is 0 Å². The van der Waals surface area contributed by atoms with E-state index in [1.807, 2.05) is 0 Å². The van der Waals surface area contributed by atoms with Crippen LogP contribution < -0.4 is 0 Å². The molecular weight excluding hydrogens is 368 g/mol. The van der Waals surface area contributed by atoms with Crippen LogP contribution in [-0.2, 0) is 19.1 Å². The van der Waals surface area contributed by atoms with Gasteiger partial charge in [-0.2, -0.15) is 0 Å². The van der Waals surface area contributed by atoms with Crippen LogP contribution in [0, 0.1) is 34.5 Å². The first kappa shape index (κ1) is 20.6. The van der Waals surface area contributed by atoms with Crippen molar-refractivity contribution in [3.63, 3.8) is 0 Å². The van der Waals surface area contributed by atoms with Crippen molar-refractivity contribution in [3.05, 3.63) is 11.6 Å². The number of allylic oxidation sites excluding steroid dienone is 1. The predicted molar refractivity (Wildman–Crippen MR) is 108 cm³/mol. The van der Waals surface area contributed by atoms with Crippen molar-refractivity contribution in [1.29, 1.82) is 0 Å². The van der Waals surface area contributed by atoms with Crippen LogP contribution in [0.2, 0.25) is 0 Å². The van der Waals surface area contributed by atoms with E-state index in [-0.39, 0.29) is 22.9 Å². The zero-order valence-electron chi connectivity index (χ0n) is 17.9. The summed E-state index contributed by atoms with van der Waals surface area (Å²) < 4.78 is 5.46. The fraction of sp³-hybridized carbons (Fsp3) is 0.792. The van der Waals surface area contributed by atoms with Crippen molar-refractivity contribution >= 4 is 17.7 Å². The summed E-state index contributed by atoms with van der Waals surface area (Å²) in [6, 6.07) is 0. The van der Waals surface area contributed by atoms with Crippen molar-refractivity contribution in [2.45, 2.75) is 84.7 Å². The van der Waals surface area contributed by atoms with Gasteiger partial charge in [0.05, 0.1) is 0 Å². The Morgan fingerprint density at radius 3 is 2.55 bits per heavy atom. The Kier molecular flexibility index (Phi) is 5.15. The van der Waals surface area contributed by atoms with Gasteiger partial charge in [0.1, 0.15) is 18.3 Å². The molecule has 0 aromatic carbocycles. The highest BCUT2D eigenvalue weighted by molar-refractivity contribution is 5.90. The molecule has 0 unspecified atom stereocenters. The number of ether oxygens (including phenoxy) is 1. The Balaban J connectivity index is 1.50. The van der Waals surface area contributed by atoms with Gasteiger partial charge in [0.2, 0.25) is 0 Å². The summed E-state index contributed by atoms with van der Waals surface area (Å²) in [5.41, 5.74) is 1.72. The number of fused-ring (bicyclic) bond motifs is 5. The van der Waals surface area contributed by atoms with Crippen molar-refractivity contribution < 1.29 is 24.2 Å². The molecule has 7 atom stereocenters. The largest absolute Gasteiger partial charge is 0.481 e. The van der Waals surface area contributed by atoms with Gasteiger partial charge in [-0.25, -0.2) is 0 Å². The molecule has 160 valence electrons. The maximum absolute atomic E-state index is 12.3. The van der Waals surface area contributed by atoms with Gasteiger partial charge < -0.3 is 9.84 Å². The summed E-state index contributed by atoms with van der Waals surface area (Å²) in [5, 5.41) is 8.79. The van der Waals surface area contributed by atoms with E-state index in [4.69, 9.17) is 9.84 Å². The normalized spacial score (nSPS) is 43.4. The highest BCUT2D eigenvalue weighted by atomic mass is 16.5. The average Bonchev–Trinajstić information content (AvgIpc) is 2.98. The lowest BCUT2D eigenvalue weighted by molar-refractivity contribution is -0.157. The minimum atomic E-state index is -1.14. The first-order valence-corrected chi connectivity index (χ1v) is 11.3. The molecule has 5 heteroatoms. The van der Waals surface area contributed by atoms with E-state index < -0.39 is 18.4 Å². The zero-order valence-corrected chi connectivity index (χ0v) is 17.9. The molecular formula is C24H34O5. The van der Waals surface area contributed by atoms with Gasteiger partial charge in [-0.05, 0) is 80.5 Å². The third-order valence-corrected chi connectivity index (χ3v) is 9.14. The number of ketones is 1. The Morgan fingerprint density at radius 1 is 1.10 bits per heavy atom. The molecule has 3 saturated carbocycles. The molecule has 4 aliphatic carbocycles. The van der Waals surface area contributed by atoms with Crippen LogP contribution in [0.15, 0.2) is 11.6 Å². The number of aliphatic carboxylic acids is 1. The first-order chi connectivity index (χ1) is 13.6. The Hall–Kier alpha value is -1.65. The molecule has 1 N–H and O–H groups in total. The number of Topliss-reactive ketones (excluding diaryl/α,β-unsaturated/α-hetero) is 1. The molecule has 4 rings (SSSR count). The van der Waals surface area contributed by atoms with Gasteiger partial charge in [-0.1, -0.05) is 25.5 Å². The monoisotopic (exact) mass is 402 g/mol. The lowest BCUT2D eigenvalue weighted by Crippen LogP contribution is -2.51. The molecule has 0 aliphatic heterocycles. The third kappa shape index (κ3) is 3.34.